The second-order valence-electron chi connectivity index (χ2n) is 17.3. The highest BCUT2D eigenvalue weighted by molar-refractivity contribution is 6.04. The largest absolute Gasteiger partial charge is 0.586 e. The zero-order valence-electron chi connectivity index (χ0n) is 40.4. The molecule has 0 saturated heterocycles. The number of fused-ring (bicyclic) bond motifs is 3. The summed E-state index contributed by atoms with van der Waals surface area (Å²) in [6.45, 7) is 4.65. The monoisotopic (exact) mass is 1110 g/mol. The van der Waals surface area contributed by atoms with Crippen LogP contribution in [0.4, 0.5) is 74.1 Å². The SMILES string of the molecule is Cc1cc2c(cc1-c1ccc(N)cc1F)OC(F)(F)O2.Cc1cc2c(cc1-c1ccc(NC(=O)c3c(F)cncc3F)cc1F)OC(F)(F)O2.Cc1cc2c(cc1-c1ccc(NCc3c(F)cncc3F)cc1F)OC(F)(F)O2. The maximum absolute atomic E-state index is 14.7. The molecule has 0 saturated carbocycles. The van der Waals surface area contributed by atoms with Gasteiger partial charge < -0.3 is 44.8 Å². The number of aryl methyl sites for hydroxylation is 3. The number of carbonyl (C=O) groups excluding carboxylic acids is 1. The number of rotatable bonds is 8. The number of nitrogens with one attached hydrogen (secondary N) is 2. The van der Waals surface area contributed by atoms with Crippen LogP contribution in [-0.4, -0.2) is 34.8 Å². The van der Waals surface area contributed by atoms with Gasteiger partial charge in [-0.1, -0.05) is 0 Å². The third-order valence-electron chi connectivity index (χ3n) is 11.8. The number of alkyl halides is 6. The number of halogens is 13. The predicted molar refractivity (Wildman–Crippen MR) is 256 cm³/mol. The lowest BCUT2D eigenvalue weighted by Gasteiger charge is -2.12. The Morgan fingerprint density at radius 3 is 1.18 bits per heavy atom. The molecule has 8 aromatic rings. The first kappa shape index (κ1) is 54.4. The highest BCUT2D eigenvalue weighted by Crippen LogP contribution is 2.48. The first-order valence-electron chi connectivity index (χ1n) is 22.7. The van der Waals surface area contributed by atoms with Crippen LogP contribution in [0.3, 0.4) is 0 Å². The summed E-state index contributed by atoms with van der Waals surface area (Å²) in [5.74, 6) is -8.01. The molecule has 3 aliphatic heterocycles. The van der Waals surface area contributed by atoms with Crippen molar-refractivity contribution in [2.75, 3.05) is 16.4 Å². The third kappa shape index (κ3) is 11.8. The molecule has 408 valence electrons. The number of aromatic nitrogens is 2. The van der Waals surface area contributed by atoms with E-state index < -0.39 is 71.1 Å². The van der Waals surface area contributed by atoms with Gasteiger partial charge in [0, 0.05) is 45.9 Å². The lowest BCUT2D eigenvalue weighted by atomic mass is 9.99. The van der Waals surface area contributed by atoms with Gasteiger partial charge in [-0.3, -0.25) is 14.8 Å². The minimum atomic E-state index is -3.81. The number of carbonyl (C=O) groups is 1. The number of amides is 1. The van der Waals surface area contributed by atoms with E-state index in [1.807, 2.05) is 0 Å². The quantitative estimate of drug-likeness (QED) is 0.0986. The normalized spacial score (nSPS) is 14.4. The standard InChI is InChI=1S/C20H11F5N2O3.C20H13F5N2O2.C14H10F3NO2/c1-9-4-16-17(30-20(24,25)29-16)6-12(9)11-3-2-10(5-13(11)21)27-19(28)18-14(22)7-26-8-15(18)23;1-10-4-18-19(29-20(24,25)28-18)6-13(10)12-3-2-11(5-15(12)21)27-7-14-16(22)8-26-9-17(14)23;1-7-4-12-13(20-14(16,17)19-12)6-10(7)9-3-2-8(18)5-11(9)15/h2-8H,1H3,(H,27,28);2-6,8-9,27H,7H2,1H3;2-6H,18H2,1H3. The molecule has 0 bridgehead atoms. The van der Waals surface area contributed by atoms with Crippen molar-refractivity contribution in [3.8, 4) is 67.9 Å². The van der Waals surface area contributed by atoms with E-state index in [4.69, 9.17) is 5.73 Å². The fraction of sp³-hybridized carbons (Fsp3) is 0.130. The Morgan fingerprint density at radius 1 is 0.443 bits per heavy atom. The van der Waals surface area contributed by atoms with Gasteiger partial charge >= 0.3 is 18.9 Å². The molecule has 12 nitrogen and oxygen atoms in total. The smallest absolute Gasteiger partial charge is 0.399 e. The van der Waals surface area contributed by atoms with Gasteiger partial charge in [-0.15, -0.1) is 26.3 Å². The van der Waals surface area contributed by atoms with Gasteiger partial charge in [0.1, 0.15) is 34.6 Å². The lowest BCUT2D eigenvalue weighted by Crippen LogP contribution is -2.25. The molecule has 25 heteroatoms. The summed E-state index contributed by atoms with van der Waals surface area (Å²) in [6, 6.07) is 19.6. The van der Waals surface area contributed by atoms with Crippen molar-refractivity contribution < 1.29 is 90.3 Å². The van der Waals surface area contributed by atoms with Gasteiger partial charge in [0.2, 0.25) is 0 Å². The van der Waals surface area contributed by atoms with Crippen LogP contribution >= 0.6 is 0 Å². The molecule has 0 spiro atoms. The first-order chi connectivity index (χ1) is 37.2. The van der Waals surface area contributed by atoms with Gasteiger partial charge in [-0.2, -0.15) is 0 Å². The van der Waals surface area contributed by atoms with Crippen molar-refractivity contribution in [2.24, 2.45) is 0 Å². The average molecular weight is 1110 g/mol. The minimum Gasteiger partial charge on any atom is -0.399 e. The Hall–Kier alpha value is -9.42. The summed E-state index contributed by atoms with van der Waals surface area (Å²) in [5.41, 5.74) is 7.94. The van der Waals surface area contributed by atoms with Crippen LogP contribution in [0.2, 0.25) is 0 Å². The van der Waals surface area contributed by atoms with Gasteiger partial charge in [0.15, 0.2) is 46.1 Å². The van der Waals surface area contributed by atoms with Crippen LogP contribution in [0, 0.1) is 61.5 Å². The number of pyridine rings is 2. The number of hydrogen-bond donors (Lipinski definition) is 3. The topological polar surface area (TPSA) is 148 Å². The maximum atomic E-state index is 14.7. The van der Waals surface area contributed by atoms with Crippen molar-refractivity contribution in [3.63, 3.8) is 0 Å². The maximum Gasteiger partial charge on any atom is 0.586 e. The van der Waals surface area contributed by atoms with Crippen molar-refractivity contribution in [2.45, 2.75) is 46.2 Å². The second kappa shape index (κ2) is 20.8. The summed E-state index contributed by atoms with van der Waals surface area (Å²) in [7, 11) is 0. The Bertz CT molecular complexity index is 3700. The fourth-order valence-electron chi connectivity index (χ4n) is 8.19. The molecule has 0 aliphatic carbocycles. The van der Waals surface area contributed by atoms with Crippen molar-refractivity contribution in [3.05, 3.63) is 184 Å². The van der Waals surface area contributed by atoms with Gasteiger partial charge in [0.25, 0.3) is 5.91 Å². The molecule has 2 aromatic heterocycles. The van der Waals surface area contributed by atoms with Crippen LogP contribution in [-0.2, 0) is 6.54 Å². The van der Waals surface area contributed by atoms with Crippen molar-refractivity contribution in [1.29, 1.82) is 0 Å². The molecule has 3 aliphatic rings. The number of benzene rings is 6. The Kier molecular flexibility index (Phi) is 14.3. The summed E-state index contributed by atoms with van der Waals surface area (Å²) in [4.78, 5) is 18.8. The van der Waals surface area contributed by atoms with E-state index in [0.29, 0.717) is 40.2 Å². The molecule has 0 fully saturated rings. The van der Waals surface area contributed by atoms with Gasteiger partial charge in [-0.25, -0.2) is 30.7 Å². The van der Waals surface area contributed by atoms with Crippen LogP contribution < -0.4 is 44.8 Å². The van der Waals surface area contributed by atoms with Crippen LogP contribution in [0.1, 0.15) is 32.6 Å². The van der Waals surface area contributed by atoms with Crippen molar-refractivity contribution in [1.82, 2.24) is 9.97 Å². The molecule has 11 rings (SSSR count). The highest BCUT2D eigenvalue weighted by Gasteiger charge is 2.46. The summed E-state index contributed by atoms with van der Waals surface area (Å²) in [5, 5.41) is 4.93. The number of nitrogen functional groups attached to an aromatic ring is 1. The second-order valence-corrected chi connectivity index (χ2v) is 17.3. The van der Waals surface area contributed by atoms with E-state index in [2.05, 4.69) is 49.0 Å². The van der Waals surface area contributed by atoms with Gasteiger partial charge in [-0.05, 0) is 145 Å². The Balaban J connectivity index is 0.000000147. The molecule has 79 heavy (non-hydrogen) atoms. The van der Waals surface area contributed by atoms with Crippen LogP contribution in [0.5, 0.6) is 34.5 Å². The molecule has 6 aromatic carbocycles. The number of nitrogens with two attached hydrogens (primary N) is 1. The highest BCUT2D eigenvalue weighted by atomic mass is 19.3. The average Bonchev–Trinajstić information content (AvgIpc) is 4.04. The number of hydrogen-bond acceptors (Lipinski definition) is 11. The van der Waals surface area contributed by atoms with E-state index in [0.717, 1.165) is 24.5 Å². The van der Waals surface area contributed by atoms with Gasteiger partial charge in [0.05, 0.1) is 24.8 Å². The molecular weight excluding hydrogens is 1080 g/mol. The molecule has 1 amide bonds. The van der Waals surface area contributed by atoms with Crippen molar-refractivity contribution >= 4 is 23.0 Å². The number of ether oxygens (including phenoxy) is 6. The first-order valence-corrected chi connectivity index (χ1v) is 22.7. The van der Waals surface area contributed by atoms with Crippen LogP contribution in [0.15, 0.2) is 116 Å². The molecule has 0 radical (unpaired) electrons. The molecular formula is C54H34F13N5O7. The zero-order chi connectivity index (χ0) is 56.9. The Morgan fingerprint density at radius 2 is 0.785 bits per heavy atom. The number of nitrogens with zero attached hydrogens (tertiary/aromatic N) is 2. The molecule has 5 heterocycles. The lowest BCUT2D eigenvalue weighted by molar-refractivity contribution is -0.287. The molecule has 4 N–H and O–H groups in total. The van der Waals surface area contributed by atoms with E-state index in [9.17, 15) is 61.9 Å². The van der Waals surface area contributed by atoms with E-state index in [1.54, 1.807) is 20.8 Å². The van der Waals surface area contributed by atoms with E-state index in [1.165, 1.54) is 78.9 Å². The third-order valence-corrected chi connectivity index (χ3v) is 11.8. The summed E-state index contributed by atoms with van der Waals surface area (Å²) >= 11 is 0. The Labute approximate surface area is 437 Å². The minimum absolute atomic E-state index is 0.0355. The predicted octanol–water partition coefficient (Wildman–Crippen LogP) is 14.2. The van der Waals surface area contributed by atoms with E-state index in [-0.39, 0.29) is 85.9 Å². The molecule has 0 atom stereocenters. The fourth-order valence-corrected chi connectivity index (χ4v) is 8.19. The summed E-state index contributed by atoms with van der Waals surface area (Å²) < 4.78 is 203. The molecule has 0 unspecified atom stereocenters. The zero-order valence-corrected chi connectivity index (χ0v) is 40.4. The van der Waals surface area contributed by atoms with Crippen LogP contribution in [0.25, 0.3) is 33.4 Å². The number of anilines is 3. The van der Waals surface area contributed by atoms with E-state index >= 15 is 0 Å². The summed E-state index contributed by atoms with van der Waals surface area (Å²) in [6.07, 6.45) is -8.14.